The van der Waals surface area contributed by atoms with E-state index in [1.165, 1.54) is 5.56 Å². The normalized spacial score (nSPS) is 13.9. The maximum atomic E-state index is 12.7. The number of carbonyl (C=O) groups is 1. The fourth-order valence-corrected chi connectivity index (χ4v) is 2.86. The predicted molar refractivity (Wildman–Crippen MR) is 94.0 cm³/mol. The highest BCUT2D eigenvalue weighted by molar-refractivity contribution is 5.89. The lowest BCUT2D eigenvalue weighted by molar-refractivity contribution is 0.205. The van der Waals surface area contributed by atoms with Crippen molar-refractivity contribution >= 4 is 17.4 Å². The van der Waals surface area contributed by atoms with Crippen molar-refractivity contribution in [2.75, 3.05) is 5.32 Å². The van der Waals surface area contributed by atoms with E-state index < -0.39 is 0 Å². The first-order chi connectivity index (χ1) is 11.7. The quantitative estimate of drug-likeness (QED) is 0.794. The summed E-state index contributed by atoms with van der Waals surface area (Å²) in [5, 5.41) is 3.01. The minimum Gasteiger partial charge on any atom is -0.316 e. The standard InChI is InChI=1S/C19H20N4O/c1-14-5-7-15(8-6-14)21-19(24)23(16-9-10-16)13-17-12-20-18-4-2-3-11-22(17)18/h2-8,11-12,16H,9-10,13H2,1H3,(H,21,24). The largest absolute Gasteiger partial charge is 0.322 e. The average molecular weight is 320 g/mol. The SMILES string of the molecule is Cc1ccc(NC(=O)N(Cc2cnc3ccccn23)C2CC2)cc1. The second-order valence-electron chi connectivity index (χ2n) is 6.33. The van der Waals surface area contributed by atoms with Crippen molar-refractivity contribution in [1.29, 1.82) is 0 Å². The molecule has 5 heteroatoms. The predicted octanol–water partition coefficient (Wildman–Crippen LogP) is 3.84. The van der Waals surface area contributed by atoms with Crippen LogP contribution in [0.15, 0.2) is 54.9 Å². The van der Waals surface area contributed by atoms with Gasteiger partial charge in [0.2, 0.25) is 0 Å². The summed E-state index contributed by atoms with van der Waals surface area (Å²) in [6.45, 7) is 2.60. The summed E-state index contributed by atoms with van der Waals surface area (Å²) in [6.07, 6.45) is 5.97. The number of hydrogen-bond acceptors (Lipinski definition) is 2. The summed E-state index contributed by atoms with van der Waals surface area (Å²) < 4.78 is 2.04. The van der Waals surface area contributed by atoms with E-state index in [0.29, 0.717) is 12.6 Å². The Labute approximate surface area is 140 Å². The van der Waals surface area contributed by atoms with Crippen molar-refractivity contribution in [2.24, 2.45) is 0 Å². The highest BCUT2D eigenvalue weighted by atomic mass is 16.2. The van der Waals surface area contributed by atoms with E-state index >= 15 is 0 Å². The number of nitrogens with zero attached hydrogens (tertiary/aromatic N) is 3. The molecule has 1 aliphatic carbocycles. The Bertz CT molecular complexity index is 864. The van der Waals surface area contributed by atoms with E-state index in [1.807, 2.05) is 71.1 Å². The number of nitrogens with one attached hydrogen (secondary N) is 1. The van der Waals surface area contributed by atoms with E-state index in [2.05, 4.69) is 10.3 Å². The van der Waals surface area contributed by atoms with Crippen molar-refractivity contribution < 1.29 is 4.79 Å². The van der Waals surface area contributed by atoms with Crippen LogP contribution in [-0.2, 0) is 6.54 Å². The fraction of sp³-hybridized carbons (Fsp3) is 0.263. The number of anilines is 1. The van der Waals surface area contributed by atoms with Gasteiger partial charge in [-0.05, 0) is 44.0 Å². The molecule has 2 amide bonds. The molecule has 0 bridgehead atoms. The van der Waals surface area contributed by atoms with E-state index in [9.17, 15) is 4.79 Å². The lowest BCUT2D eigenvalue weighted by Gasteiger charge is -2.22. The van der Waals surface area contributed by atoms with Crippen LogP contribution in [0.5, 0.6) is 0 Å². The van der Waals surface area contributed by atoms with Gasteiger partial charge >= 0.3 is 6.03 Å². The number of aromatic nitrogens is 2. The van der Waals surface area contributed by atoms with Gasteiger partial charge in [0, 0.05) is 17.9 Å². The molecule has 1 aliphatic rings. The fourth-order valence-electron chi connectivity index (χ4n) is 2.86. The number of aryl methyl sites for hydroxylation is 1. The number of carbonyl (C=O) groups excluding carboxylic acids is 1. The molecular formula is C19H20N4O. The smallest absolute Gasteiger partial charge is 0.316 e. The molecule has 1 saturated carbocycles. The van der Waals surface area contributed by atoms with Crippen molar-refractivity contribution in [3.63, 3.8) is 0 Å². The van der Waals surface area contributed by atoms with Crippen LogP contribution in [0.1, 0.15) is 24.1 Å². The molecule has 1 aromatic carbocycles. The van der Waals surface area contributed by atoms with Crippen LogP contribution >= 0.6 is 0 Å². The maximum Gasteiger partial charge on any atom is 0.322 e. The average Bonchev–Trinajstić information content (AvgIpc) is 3.35. The molecule has 24 heavy (non-hydrogen) atoms. The topological polar surface area (TPSA) is 49.6 Å². The molecule has 5 nitrogen and oxygen atoms in total. The minimum atomic E-state index is -0.0489. The zero-order chi connectivity index (χ0) is 16.5. The van der Waals surface area contributed by atoms with E-state index in [0.717, 1.165) is 29.9 Å². The summed E-state index contributed by atoms with van der Waals surface area (Å²) in [5.41, 5.74) is 3.94. The van der Waals surface area contributed by atoms with Crippen LogP contribution in [0.4, 0.5) is 10.5 Å². The Hall–Kier alpha value is -2.82. The van der Waals surface area contributed by atoms with Gasteiger partial charge in [-0.25, -0.2) is 9.78 Å². The Morgan fingerprint density at radius 2 is 2.04 bits per heavy atom. The van der Waals surface area contributed by atoms with Crippen LogP contribution in [0.2, 0.25) is 0 Å². The third-order valence-electron chi connectivity index (χ3n) is 4.38. The van der Waals surface area contributed by atoms with Crippen molar-refractivity contribution in [3.05, 3.63) is 66.1 Å². The van der Waals surface area contributed by atoms with Gasteiger partial charge in [-0.15, -0.1) is 0 Å². The van der Waals surface area contributed by atoms with Crippen LogP contribution in [-0.4, -0.2) is 26.4 Å². The molecule has 0 spiro atoms. The van der Waals surface area contributed by atoms with Crippen LogP contribution in [0.25, 0.3) is 5.65 Å². The number of fused-ring (bicyclic) bond motifs is 1. The van der Waals surface area contributed by atoms with Crippen LogP contribution in [0, 0.1) is 6.92 Å². The number of urea groups is 1. The minimum absolute atomic E-state index is 0.0489. The zero-order valence-electron chi connectivity index (χ0n) is 13.6. The second kappa shape index (κ2) is 6.00. The first-order valence-corrected chi connectivity index (χ1v) is 8.26. The van der Waals surface area contributed by atoms with Gasteiger partial charge in [-0.2, -0.15) is 0 Å². The Kier molecular flexibility index (Phi) is 3.69. The number of hydrogen-bond donors (Lipinski definition) is 1. The molecule has 3 aromatic rings. The zero-order valence-corrected chi connectivity index (χ0v) is 13.6. The first-order valence-electron chi connectivity index (χ1n) is 8.26. The molecule has 4 rings (SSSR count). The van der Waals surface area contributed by atoms with Gasteiger partial charge in [0.05, 0.1) is 18.4 Å². The summed E-state index contributed by atoms with van der Waals surface area (Å²) >= 11 is 0. The number of amides is 2. The van der Waals surface area contributed by atoms with Gasteiger partial charge in [0.1, 0.15) is 5.65 Å². The summed E-state index contributed by atoms with van der Waals surface area (Å²) in [5.74, 6) is 0. The van der Waals surface area contributed by atoms with Gasteiger partial charge in [-0.3, -0.25) is 0 Å². The van der Waals surface area contributed by atoms with Gasteiger partial charge < -0.3 is 14.6 Å². The number of imidazole rings is 1. The Morgan fingerprint density at radius 1 is 1.25 bits per heavy atom. The molecule has 0 radical (unpaired) electrons. The summed E-state index contributed by atoms with van der Waals surface area (Å²) in [7, 11) is 0. The summed E-state index contributed by atoms with van der Waals surface area (Å²) in [6, 6.07) is 14.1. The molecule has 2 aromatic heterocycles. The summed E-state index contributed by atoms with van der Waals surface area (Å²) in [4.78, 5) is 19.0. The maximum absolute atomic E-state index is 12.7. The Morgan fingerprint density at radius 3 is 2.79 bits per heavy atom. The van der Waals surface area contributed by atoms with Crippen LogP contribution < -0.4 is 5.32 Å². The van der Waals surface area contributed by atoms with Gasteiger partial charge in [0.25, 0.3) is 0 Å². The van der Waals surface area contributed by atoms with Gasteiger partial charge in [-0.1, -0.05) is 23.8 Å². The first kappa shape index (κ1) is 14.8. The molecule has 1 fully saturated rings. The lowest BCUT2D eigenvalue weighted by Crippen LogP contribution is -2.36. The van der Waals surface area contributed by atoms with Crippen molar-refractivity contribution in [1.82, 2.24) is 14.3 Å². The highest BCUT2D eigenvalue weighted by Gasteiger charge is 2.33. The van der Waals surface area contributed by atoms with E-state index in [1.54, 1.807) is 0 Å². The van der Waals surface area contributed by atoms with Crippen molar-refractivity contribution in [2.45, 2.75) is 32.4 Å². The monoisotopic (exact) mass is 320 g/mol. The molecule has 2 heterocycles. The highest BCUT2D eigenvalue weighted by Crippen LogP contribution is 2.29. The lowest BCUT2D eigenvalue weighted by atomic mass is 10.2. The molecule has 122 valence electrons. The number of rotatable bonds is 4. The number of pyridine rings is 1. The third-order valence-corrected chi connectivity index (χ3v) is 4.38. The molecule has 0 aliphatic heterocycles. The molecular weight excluding hydrogens is 300 g/mol. The molecule has 0 atom stereocenters. The Balaban J connectivity index is 1.54. The molecule has 0 saturated heterocycles. The van der Waals surface area contributed by atoms with E-state index in [-0.39, 0.29) is 6.03 Å². The number of benzene rings is 1. The van der Waals surface area contributed by atoms with Crippen LogP contribution in [0.3, 0.4) is 0 Å². The molecule has 1 N–H and O–H groups in total. The van der Waals surface area contributed by atoms with Gasteiger partial charge in [0.15, 0.2) is 0 Å². The van der Waals surface area contributed by atoms with Crippen molar-refractivity contribution in [3.8, 4) is 0 Å². The van der Waals surface area contributed by atoms with E-state index in [4.69, 9.17) is 0 Å². The second-order valence-corrected chi connectivity index (χ2v) is 6.33. The third kappa shape index (κ3) is 2.97. The molecule has 0 unspecified atom stereocenters.